The normalized spacial score (nSPS) is 20.4. The number of rotatable bonds is 7. The van der Waals surface area contributed by atoms with E-state index in [1.807, 2.05) is 17.2 Å². The summed E-state index contributed by atoms with van der Waals surface area (Å²) >= 11 is 0. The fraction of sp³-hybridized carbons (Fsp3) is 0.375. The zero-order valence-corrected chi connectivity index (χ0v) is 18.8. The summed E-state index contributed by atoms with van der Waals surface area (Å²) in [6.45, 7) is 8.21. The van der Waals surface area contributed by atoms with Crippen molar-refractivity contribution in [1.82, 2.24) is 10.2 Å². The molecule has 5 heteroatoms. The second-order valence-electron chi connectivity index (χ2n) is 7.33. The summed E-state index contributed by atoms with van der Waals surface area (Å²) in [4.78, 5) is 13.9. The Labute approximate surface area is 176 Å². The molecule has 29 heavy (non-hydrogen) atoms. The first-order valence-corrected chi connectivity index (χ1v) is 11.3. The van der Waals surface area contributed by atoms with Gasteiger partial charge < -0.3 is 15.0 Å². The van der Waals surface area contributed by atoms with Crippen LogP contribution in [0.2, 0.25) is 0 Å². The van der Waals surface area contributed by atoms with Crippen LogP contribution in [0, 0.1) is 6.92 Å². The molecule has 0 fully saturated rings. The van der Waals surface area contributed by atoms with E-state index in [4.69, 9.17) is 4.74 Å². The quantitative estimate of drug-likeness (QED) is 0.509. The molecule has 2 aliphatic heterocycles. The van der Waals surface area contributed by atoms with Crippen LogP contribution in [0.3, 0.4) is 0 Å². The Bertz CT molecular complexity index is 883. The third-order valence-corrected chi connectivity index (χ3v) is 7.36. The lowest BCUT2D eigenvalue weighted by Crippen LogP contribution is -2.31. The monoisotopic (exact) mass is 410 g/mol. The number of amides is 1. The lowest BCUT2D eigenvalue weighted by atomic mass is 9.95. The van der Waals surface area contributed by atoms with E-state index in [2.05, 4.69) is 56.4 Å². The van der Waals surface area contributed by atoms with Crippen LogP contribution in [0.4, 0.5) is 0 Å². The van der Waals surface area contributed by atoms with Crippen molar-refractivity contribution in [2.75, 3.05) is 20.2 Å². The fourth-order valence-corrected chi connectivity index (χ4v) is 5.42. The Morgan fingerprint density at radius 1 is 1.41 bits per heavy atom. The molecule has 1 aromatic carbocycles. The van der Waals surface area contributed by atoms with E-state index in [0.717, 1.165) is 43.7 Å². The average molecular weight is 410 g/mol. The van der Waals surface area contributed by atoms with Crippen LogP contribution in [-0.2, 0) is 4.79 Å². The number of nitrogens with one attached hydrogen (secondary N) is 1. The summed E-state index contributed by atoms with van der Waals surface area (Å²) in [7, 11) is 2.19. The highest BCUT2D eigenvalue weighted by Gasteiger charge is 2.26. The Morgan fingerprint density at radius 3 is 2.83 bits per heavy atom. The van der Waals surface area contributed by atoms with E-state index in [1.54, 1.807) is 7.11 Å². The first-order chi connectivity index (χ1) is 14.1. The van der Waals surface area contributed by atoms with E-state index < -0.39 is 0 Å². The molecule has 1 N–H and O–H groups in total. The number of carbonyl (C=O) groups excluding carboxylic acids is 1. The van der Waals surface area contributed by atoms with Gasteiger partial charge in [0.2, 0.25) is 6.41 Å². The van der Waals surface area contributed by atoms with E-state index in [0.29, 0.717) is 8.58 Å². The van der Waals surface area contributed by atoms with Gasteiger partial charge in [-0.15, -0.1) is 0 Å². The SMILES string of the molecule is C/C=C(\PC1C(CC)=CC(C2=CCNCC2)=CN1C=O)c1ccc(OC)c(C)c1. The van der Waals surface area contributed by atoms with Gasteiger partial charge in [0.25, 0.3) is 0 Å². The Balaban J connectivity index is 1.88. The summed E-state index contributed by atoms with van der Waals surface area (Å²) in [5.74, 6) is 0.980. The van der Waals surface area contributed by atoms with E-state index in [-0.39, 0.29) is 5.78 Å². The van der Waals surface area contributed by atoms with Crippen molar-refractivity contribution in [3.63, 3.8) is 0 Å². The molecule has 0 spiro atoms. The van der Waals surface area contributed by atoms with E-state index in [1.165, 1.54) is 27.6 Å². The molecule has 0 saturated heterocycles. The van der Waals surface area contributed by atoms with Crippen molar-refractivity contribution in [1.29, 1.82) is 0 Å². The summed E-state index contributed by atoms with van der Waals surface area (Å²) in [5.41, 5.74) is 6.15. The molecule has 2 aliphatic rings. The van der Waals surface area contributed by atoms with Crippen molar-refractivity contribution >= 4 is 20.3 Å². The molecule has 1 amide bonds. The van der Waals surface area contributed by atoms with Gasteiger partial charge in [0, 0.05) is 12.7 Å². The van der Waals surface area contributed by atoms with Gasteiger partial charge in [-0.1, -0.05) is 39.8 Å². The summed E-state index contributed by atoms with van der Waals surface area (Å²) < 4.78 is 5.40. The van der Waals surface area contributed by atoms with Crippen LogP contribution in [0.1, 0.15) is 37.8 Å². The highest BCUT2D eigenvalue weighted by Crippen LogP contribution is 2.45. The molecule has 2 heterocycles. The van der Waals surface area contributed by atoms with E-state index >= 15 is 0 Å². The highest BCUT2D eigenvalue weighted by atomic mass is 31.1. The highest BCUT2D eigenvalue weighted by molar-refractivity contribution is 7.51. The van der Waals surface area contributed by atoms with Crippen molar-refractivity contribution < 1.29 is 9.53 Å². The molecule has 2 unspecified atom stereocenters. The number of hydrogen-bond donors (Lipinski definition) is 1. The Hall–Kier alpha value is -2.16. The first kappa shape index (κ1) is 21.5. The smallest absolute Gasteiger partial charge is 0.214 e. The van der Waals surface area contributed by atoms with Crippen molar-refractivity contribution in [2.24, 2.45) is 0 Å². The predicted octanol–water partition coefficient (Wildman–Crippen LogP) is 4.98. The standard InChI is InChI=1S/C24H31N2O2P/c1-5-18-14-21(19-9-11-25-12-10-19)15-26(16-27)24(18)29-23(6-2)20-7-8-22(28-4)17(3)13-20/h6-9,13-16,24-25,29H,5,10-12H2,1-4H3/b23-6-. The molecular weight excluding hydrogens is 379 g/mol. The Morgan fingerprint density at radius 2 is 2.24 bits per heavy atom. The minimum atomic E-state index is 0.0807. The van der Waals surface area contributed by atoms with Crippen molar-refractivity contribution in [3.8, 4) is 5.75 Å². The number of carbonyl (C=O) groups is 1. The van der Waals surface area contributed by atoms with Gasteiger partial charge in [-0.05, 0) is 78.5 Å². The van der Waals surface area contributed by atoms with Gasteiger partial charge in [-0.25, -0.2) is 0 Å². The molecule has 4 nitrogen and oxygen atoms in total. The summed E-state index contributed by atoms with van der Waals surface area (Å²) in [6, 6.07) is 6.31. The fourth-order valence-electron chi connectivity index (χ4n) is 3.88. The second-order valence-corrected chi connectivity index (χ2v) is 8.70. The number of methoxy groups -OCH3 is 1. The lowest BCUT2D eigenvalue weighted by molar-refractivity contribution is -0.116. The minimum Gasteiger partial charge on any atom is -0.496 e. The molecular formula is C24H31N2O2P. The number of aryl methyl sites for hydroxylation is 1. The maximum Gasteiger partial charge on any atom is 0.214 e. The minimum absolute atomic E-state index is 0.0807. The zero-order valence-electron chi connectivity index (χ0n) is 17.8. The van der Waals surface area contributed by atoms with Gasteiger partial charge in [-0.3, -0.25) is 4.79 Å². The molecule has 154 valence electrons. The number of nitrogens with zero attached hydrogens (tertiary/aromatic N) is 1. The molecule has 0 saturated carbocycles. The van der Waals surface area contributed by atoms with Crippen molar-refractivity contribution in [2.45, 2.75) is 39.4 Å². The largest absolute Gasteiger partial charge is 0.496 e. The maximum atomic E-state index is 12.0. The molecule has 3 rings (SSSR count). The van der Waals surface area contributed by atoms with Crippen LogP contribution >= 0.6 is 8.58 Å². The maximum absolute atomic E-state index is 12.0. The second kappa shape index (κ2) is 10.0. The first-order valence-electron chi connectivity index (χ1n) is 10.2. The predicted molar refractivity (Wildman–Crippen MR) is 123 cm³/mol. The molecule has 0 bridgehead atoms. The van der Waals surface area contributed by atoms with Gasteiger partial charge in [0.1, 0.15) is 5.75 Å². The Kier molecular flexibility index (Phi) is 7.46. The van der Waals surface area contributed by atoms with Crippen molar-refractivity contribution in [3.05, 3.63) is 70.5 Å². The summed E-state index contributed by atoms with van der Waals surface area (Å²) in [5, 5.41) is 4.62. The molecule has 0 radical (unpaired) electrons. The third-order valence-electron chi connectivity index (χ3n) is 5.53. The molecule has 0 aliphatic carbocycles. The lowest BCUT2D eigenvalue weighted by Gasteiger charge is -2.33. The number of ether oxygens (including phenoxy) is 1. The van der Waals surface area contributed by atoms with Crippen LogP contribution in [0.5, 0.6) is 5.75 Å². The third kappa shape index (κ3) is 4.88. The van der Waals surface area contributed by atoms with Gasteiger partial charge >= 0.3 is 0 Å². The average Bonchev–Trinajstić information content (AvgIpc) is 2.77. The topological polar surface area (TPSA) is 41.6 Å². The number of benzene rings is 1. The molecule has 1 aromatic rings. The summed E-state index contributed by atoms with van der Waals surface area (Å²) in [6.07, 6.45) is 11.7. The van der Waals surface area contributed by atoms with Crippen LogP contribution in [0.25, 0.3) is 5.31 Å². The van der Waals surface area contributed by atoms with Crippen LogP contribution < -0.4 is 10.1 Å². The number of hydrogen-bond acceptors (Lipinski definition) is 3. The van der Waals surface area contributed by atoms with Gasteiger partial charge in [0.15, 0.2) is 0 Å². The molecule has 2 atom stereocenters. The molecule has 0 aromatic heterocycles. The van der Waals surface area contributed by atoms with E-state index in [9.17, 15) is 4.79 Å². The van der Waals surface area contributed by atoms with Gasteiger partial charge in [-0.2, -0.15) is 0 Å². The van der Waals surface area contributed by atoms with Crippen LogP contribution in [-0.4, -0.2) is 37.3 Å². The van der Waals surface area contributed by atoms with Crippen LogP contribution in [0.15, 0.2) is 59.3 Å². The van der Waals surface area contributed by atoms with Gasteiger partial charge in [0.05, 0.1) is 12.9 Å². The zero-order chi connectivity index (χ0) is 20.8. The number of allylic oxidation sites excluding steroid dienone is 3.